The third-order valence-corrected chi connectivity index (χ3v) is 3.50. The standard InChI is InChI=1S/C7H16O2Si/c1-3-5-7-10(8,9)6-4-2/h4,8-9H,2-3,5-7H2,1H3. The normalized spacial score (nSPS) is 11.5. The van der Waals surface area contributed by atoms with Gasteiger partial charge >= 0.3 is 8.56 Å². The fourth-order valence-corrected chi connectivity index (χ4v) is 2.38. The van der Waals surface area contributed by atoms with Gasteiger partial charge in [0.1, 0.15) is 0 Å². The van der Waals surface area contributed by atoms with Gasteiger partial charge in [0.2, 0.25) is 0 Å². The first-order chi connectivity index (χ1) is 4.62. The summed E-state index contributed by atoms with van der Waals surface area (Å²) in [5.41, 5.74) is 0. The van der Waals surface area contributed by atoms with Gasteiger partial charge in [-0.05, 0) is 6.04 Å². The van der Waals surface area contributed by atoms with Crippen molar-refractivity contribution >= 4 is 8.56 Å². The van der Waals surface area contributed by atoms with E-state index in [1.54, 1.807) is 6.08 Å². The van der Waals surface area contributed by atoms with Crippen molar-refractivity contribution in [3.05, 3.63) is 12.7 Å². The SMILES string of the molecule is C=CC[Si](O)(O)CCCC. The van der Waals surface area contributed by atoms with Crippen molar-refractivity contribution in [2.75, 3.05) is 0 Å². The van der Waals surface area contributed by atoms with E-state index < -0.39 is 8.56 Å². The van der Waals surface area contributed by atoms with Gasteiger partial charge in [0, 0.05) is 6.04 Å². The highest BCUT2D eigenvalue weighted by molar-refractivity contribution is 6.65. The number of hydrogen-bond acceptors (Lipinski definition) is 2. The molecule has 3 heteroatoms. The molecule has 0 aliphatic heterocycles. The predicted molar refractivity (Wildman–Crippen MR) is 44.9 cm³/mol. The summed E-state index contributed by atoms with van der Waals surface area (Å²) < 4.78 is 0. The molecule has 60 valence electrons. The molecule has 0 unspecified atom stereocenters. The Morgan fingerprint density at radius 3 is 2.50 bits per heavy atom. The topological polar surface area (TPSA) is 40.5 Å². The van der Waals surface area contributed by atoms with Crippen LogP contribution in [0.5, 0.6) is 0 Å². The van der Waals surface area contributed by atoms with E-state index in [1.165, 1.54) is 0 Å². The summed E-state index contributed by atoms with van der Waals surface area (Å²) >= 11 is 0. The monoisotopic (exact) mass is 160 g/mol. The van der Waals surface area contributed by atoms with E-state index in [0.29, 0.717) is 12.1 Å². The average molecular weight is 160 g/mol. The molecule has 10 heavy (non-hydrogen) atoms. The molecule has 0 amide bonds. The molecule has 0 atom stereocenters. The first-order valence-electron chi connectivity index (χ1n) is 3.68. The van der Waals surface area contributed by atoms with Crippen molar-refractivity contribution in [1.29, 1.82) is 0 Å². The largest absolute Gasteiger partial charge is 0.410 e. The van der Waals surface area contributed by atoms with Gasteiger partial charge in [-0.3, -0.25) is 0 Å². The number of hydrogen-bond donors (Lipinski definition) is 2. The van der Waals surface area contributed by atoms with E-state index in [-0.39, 0.29) is 0 Å². The van der Waals surface area contributed by atoms with Crippen LogP contribution in [-0.2, 0) is 0 Å². The van der Waals surface area contributed by atoms with Crippen molar-refractivity contribution in [3.63, 3.8) is 0 Å². The molecule has 2 nitrogen and oxygen atoms in total. The van der Waals surface area contributed by atoms with E-state index in [2.05, 4.69) is 6.58 Å². The minimum Gasteiger partial charge on any atom is -0.410 e. The van der Waals surface area contributed by atoms with Gasteiger partial charge in [-0.25, -0.2) is 0 Å². The highest BCUT2D eigenvalue weighted by Gasteiger charge is 2.25. The second kappa shape index (κ2) is 4.66. The summed E-state index contributed by atoms with van der Waals surface area (Å²) in [5, 5.41) is 0. The Labute approximate surface area is 63.5 Å². The van der Waals surface area contributed by atoms with Gasteiger partial charge < -0.3 is 9.59 Å². The number of allylic oxidation sites excluding steroid dienone is 1. The van der Waals surface area contributed by atoms with Crippen molar-refractivity contribution < 1.29 is 9.59 Å². The Hall–Kier alpha value is -0.123. The van der Waals surface area contributed by atoms with Crippen LogP contribution >= 0.6 is 0 Å². The first kappa shape index (κ1) is 9.88. The first-order valence-corrected chi connectivity index (χ1v) is 5.99. The zero-order valence-corrected chi connectivity index (χ0v) is 7.51. The highest BCUT2D eigenvalue weighted by Crippen LogP contribution is 2.12. The van der Waals surface area contributed by atoms with Crippen molar-refractivity contribution in [3.8, 4) is 0 Å². The van der Waals surface area contributed by atoms with Crippen LogP contribution in [0.25, 0.3) is 0 Å². The molecule has 2 N–H and O–H groups in total. The Morgan fingerprint density at radius 2 is 2.10 bits per heavy atom. The Kier molecular flexibility index (Phi) is 4.60. The zero-order valence-electron chi connectivity index (χ0n) is 6.51. The molecule has 0 aromatic rings. The fraction of sp³-hybridized carbons (Fsp3) is 0.714. The van der Waals surface area contributed by atoms with Crippen LogP contribution in [0.4, 0.5) is 0 Å². The molecule has 0 aromatic carbocycles. The van der Waals surface area contributed by atoms with Gasteiger partial charge in [-0.15, -0.1) is 6.58 Å². The molecule has 0 aliphatic rings. The third kappa shape index (κ3) is 4.73. The lowest BCUT2D eigenvalue weighted by Gasteiger charge is -2.14. The molecule has 0 heterocycles. The molecule has 0 aliphatic carbocycles. The van der Waals surface area contributed by atoms with Crippen LogP contribution in [0.3, 0.4) is 0 Å². The third-order valence-electron chi connectivity index (χ3n) is 1.40. The van der Waals surface area contributed by atoms with Gasteiger partial charge in [0.05, 0.1) is 0 Å². The Balaban J connectivity index is 3.51. The van der Waals surface area contributed by atoms with Gasteiger partial charge in [-0.1, -0.05) is 25.8 Å². The summed E-state index contributed by atoms with van der Waals surface area (Å²) in [4.78, 5) is 18.5. The molecule has 0 aromatic heterocycles. The minimum absolute atomic E-state index is 0.396. The minimum atomic E-state index is -2.84. The van der Waals surface area contributed by atoms with Crippen LogP contribution in [0, 0.1) is 0 Å². The molecule has 0 radical (unpaired) electrons. The van der Waals surface area contributed by atoms with Crippen molar-refractivity contribution in [2.24, 2.45) is 0 Å². The second-order valence-electron chi connectivity index (χ2n) is 2.58. The highest BCUT2D eigenvalue weighted by atomic mass is 28.4. The number of rotatable bonds is 5. The Morgan fingerprint density at radius 1 is 1.50 bits per heavy atom. The van der Waals surface area contributed by atoms with E-state index >= 15 is 0 Å². The fourth-order valence-electron chi connectivity index (χ4n) is 0.793. The predicted octanol–water partition coefficient (Wildman–Crippen LogP) is 1.40. The average Bonchev–Trinajstić information content (AvgIpc) is 1.84. The summed E-state index contributed by atoms with van der Waals surface area (Å²) in [6, 6.07) is 0.975. The smallest absolute Gasteiger partial charge is 0.336 e. The van der Waals surface area contributed by atoms with Crippen LogP contribution < -0.4 is 0 Å². The lowest BCUT2D eigenvalue weighted by Crippen LogP contribution is -2.33. The lowest BCUT2D eigenvalue weighted by molar-refractivity contribution is 0.360. The lowest BCUT2D eigenvalue weighted by atomic mass is 10.4. The van der Waals surface area contributed by atoms with Gasteiger partial charge in [-0.2, -0.15) is 0 Å². The van der Waals surface area contributed by atoms with Crippen LogP contribution in [0.15, 0.2) is 12.7 Å². The molecule has 0 rings (SSSR count). The number of unbranched alkanes of at least 4 members (excludes halogenated alkanes) is 1. The molecular weight excluding hydrogens is 144 g/mol. The van der Waals surface area contributed by atoms with E-state index in [9.17, 15) is 9.59 Å². The molecule has 0 saturated heterocycles. The van der Waals surface area contributed by atoms with Crippen molar-refractivity contribution in [2.45, 2.75) is 31.9 Å². The van der Waals surface area contributed by atoms with E-state index in [0.717, 1.165) is 12.8 Å². The zero-order chi connectivity index (χ0) is 8.04. The summed E-state index contributed by atoms with van der Waals surface area (Å²) in [6.45, 7) is 5.51. The van der Waals surface area contributed by atoms with Crippen LogP contribution in [0.2, 0.25) is 12.1 Å². The maximum absolute atomic E-state index is 9.27. The van der Waals surface area contributed by atoms with E-state index in [4.69, 9.17) is 0 Å². The Bertz CT molecular complexity index is 102. The summed E-state index contributed by atoms with van der Waals surface area (Å²) in [7, 11) is -2.84. The maximum Gasteiger partial charge on any atom is 0.336 e. The summed E-state index contributed by atoms with van der Waals surface area (Å²) in [6.07, 6.45) is 3.52. The van der Waals surface area contributed by atoms with Crippen LogP contribution in [-0.4, -0.2) is 18.2 Å². The van der Waals surface area contributed by atoms with E-state index in [1.807, 2.05) is 6.92 Å². The van der Waals surface area contributed by atoms with Gasteiger partial charge in [0.25, 0.3) is 0 Å². The molecule has 0 spiro atoms. The van der Waals surface area contributed by atoms with Crippen molar-refractivity contribution in [1.82, 2.24) is 0 Å². The molecular formula is C7H16O2Si. The second-order valence-corrected chi connectivity index (χ2v) is 5.45. The molecule has 0 bridgehead atoms. The van der Waals surface area contributed by atoms with Crippen LogP contribution in [0.1, 0.15) is 19.8 Å². The molecule has 0 saturated carbocycles. The summed E-state index contributed by atoms with van der Waals surface area (Å²) in [5.74, 6) is 0. The molecule has 0 fully saturated rings. The quantitative estimate of drug-likeness (QED) is 0.471. The maximum atomic E-state index is 9.27. The van der Waals surface area contributed by atoms with Gasteiger partial charge in [0.15, 0.2) is 0 Å².